The summed E-state index contributed by atoms with van der Waals surface area (Å²) >= 11 is 7.44. The summed E-state index contributed by atoms with van der Waals surface area (Å²) in [7, 11) is 0. The molecule has 0 aromatic heterocycles. The Balaban J connectivity index is 2.96. The Kier molecular flexibility index (Phi) is 8.77. The van der Waals surface area contributed by atoms with Crippen LogP contribution in [0.3, 0.4) is 0 Å². The average molecular weight is 193 g/mol. The van der Waals surface area contributed by atoms with Crippen LogP contribution in [0, 0.1) is 5.92 Å². The van der Waals surface area contributed by atoms with Crippen LogP contribution < -0.4 is 0 Å². The third-order valence-corrected chi connectivity index (χ3v) is 2.44. The lowest BCUT2D eigenvalue weighted by Gasteiger charge is -2.01. The predicted octanol–water partition coefficient (Wildman–Crippen LogP) is 3.56. The van der Waals surface area contributed by atoms with Crippen molar-refractivity contribution in [3.8, 4) is 0 Å². The van der Waals surface area contributed by atoms with E-state index in [2.05, 4.69) is 19.9 Å². The first-order valence-electron chi connectivity index (χ1n) is 4.06. The van der Waals surface area contributed by atoms with Crippen LogP contribution in [0.4, 0.5) is 0 Å². The quantitative estimate of drug-likeness (QED) is 0.352. The van der Waals surface area contributed by atoms with Gasteiger partial charge in [-0.15, -0.1) is 11.6 Å². The van der Waals surface area contributed by atoms with Crippen molar-refractivity contribution < 1.29 is 0 Å². The van der Waals surface area contributed by atoms with Gasteiger partial charge in [-0.25, -0.2) is 0 Å². The number of hydrogen-bond acceptors (Lipinski definition) is 1. The summed E-state index contributed by atoms with van der Waals surface area (Å²) in [5.74, 6) is 3.86. The third-order valence-electron chi connectivity index (χ3n) is 1.31. The normalized spacial score (nSPS) is 11.6. The van der Waals surface area contributed by atoms with Crippen LogP contribution in [0.15, 0.2) is 12.2 Å². The maximum Gasteiger partial charge on any atom is 0.0404 e. The molecule has 0 aliphatic heterocycles. The van der Waals surface area contributed by atoms with E-state index in [-0.39, 0.29) is 0 Å². The smallest absolute Gasteiger partial charge is 0.0404 e. The zero-order valence-corrected chi connectivity index (χ0v) is 8.92. The molecule has 2 heteroatoms. The molecule has 0 aromatic rings. The molecule has 0 aliphatic rings. The highest BCUT2D eigenvalue weighted by atomic mass is 35.5. The molecule has 0 atom stereocenters. The second-order valence-electron chi connectivity index (χ2n) is 2.88. The predicted molar refractivity (Wildman–Crippen MR) is 56.6 cm³/mol. The van der Waals surface area contributed by atoms with Crippen molar-refractivity contribution in [3.05, 3.63) is 12.2 Å². The highest BCUT2D eigenvalue weighted by molar-refractivity contribution is 7.99. The molecular weight excluding hydrogens is 176 g/mol. The van der Waals surface area contributed by atoms with Crippen LogP contribution in [0.1, 0.15) is 20.3 Å². The van der Waals surface area contributed by atoms with Gasteiger partial charge in [0.15, 0.2) is 0 Å². The molecule has 0 radical (unpaired) electrons. The van der Waals surface area contributed by atoms with Crippen molar-refractivity contribution in [2.45, 2.75) is 20.3 Å². The Bertz CT molecular complexity index is 99.7. The van der Waals surface area contributed by atoms with Gasteiger partial charge in [-0.1, -0.05) is 26.0 Å². The maximum atomic E-state index is 5.47. The number of rotatable bonds is 6. The third kappa shape index (κ3) is 10.4. The van der Waals surface area contributed by atoms with Crippen molar-refractivity contribution in [1.29, 1.82) is 0 Å². The van der Waals surface area contributed by atoms with Crippen LogP contribution >= 0.6 is 23.4 Å². The Morgan fingerprint density at radius 1 is 1.36 bits per heavy atom. The molecule has 0 nitrogen and oxygen atoms in total. The van der Waals surface area contributed by atoms with E-state index in [1.165, 1.54) is 12.2 Å². The summed E-state index contributed by atoms with van der Waals surface area (Å²) in [5.41, 5.74) is 0. The summed E-state index contributed by atoms with van der Waals surface area (Å²) in [6.45, 7) is 4.52. The Morgan fingerprint density at radius 2 is 2.09 bits per heavy atom. The fourth-order valence-corrected chi connectivity index (χ4v) is 1.80. The number of alkyl halides is 1. The van der Waals surface area contributed by atoms with E-state index in [0.29, 0.717) is 5.88 Å². The molecule has 0 spiro atoms. The average Bonchev–Trinajstić information content (AvgIpc) is 1.96. The molecule has 0 aromatic carbocycles. The topological polar surface area (TPSA) is 0 Å². The summed E-state index contributed by atoms with van der Waals surface area (Å²) in [4.78, 5) is 0. The van der Waals surface area contributed by atoms with Gasteiger partial charge in [-0.05, 0) is 18.1 Å². The lowest BCUT2D eigenvalue weighted by molar-refractivity contribution is 0.632. The second-order valence-corrected chi connectivity index (χ2v) is 4.34. The van der Waals surface area contributed by atoms with E-state index in [1.54, 1.807) is 0 Å². The van der Waals surface area contributed by atoms with Crippen LogP contribution in [0.5, 0.6) is 0 Å². The molecular formula is C9H17ClS. The number of hydrogen-bond donors (Lipinski definition) is 0. The van der Waals surface area contributed by atoms with E-state index >= 15 is 0 Å². The van der Waals surface area contributed by atoms with Crippen molar-refractivity contribution in [2.24, 2.45) is 5.92 Å². The molecule has 0 aliphatic carbocycles. The van der Waals surface area contributed by atoms with Crippen molar-refractivity contribution in [1.82, 2.24) is 0 Å². The Morgan fingerprint density at radius 3 is 2.64 bits per heavy atom. The molecule has 0 rings (SSSR count). The van der Waals surface area contributed by atoms with Gasteiger partial charge in [0.05, 0.1) is 0 Å². The fourth-order valence-electron chi connectivity index (χ4n) is 0.601. The van der Waals surface area contributed by atoms with Gasteiger partial charge in [-0.2, -0.15) is 11.8 Å². The summed E-state index contributed by atoms with van der Waals surface area (Å²) in [5, 5.41) is 0. The molecule has 0 heterocycles. The van der Waals surface area contributed by atoms with Gasteiger partial charge in [0, 0.05) is 11.6 Å². The number of thioether (sulfide) groups is 1. The monoisotopic (exact) mass is 192 g/mol. The minimum atomic E-state index is 0.644. The highest BCUT2D eigenvalue weighted by Crippen LogP contribution is 2.08. The zero-order valence-electron chi connectivity index (χ0n) is 7.35. The first-order chi connectivity index (χ1) is 5.27. The Hall–Kier alpha value is 0.380. The van der Waals surface area contributed by atoms with Crippen LogP contribution in [0.2, 0.25) is 0 Å². The van der Waals surface area contributed by atoms with Gasteiger partial charge in [-0.3, -0.25) is 0 Å². The van der Waals surface area contributed by atoms with Crippen molar-refractivity contribution in [3.63, 3.8) is 0 Å². The summed E-state index contributed by atoms with van der Waals surface area (Å²) in [6.07, 6.45) is 5.46. The number of allylic oxidation sites excluding steroid dienone is 1. The maximum absolute atomic E-state index is 5.47. The van der Waals surface area contributed by atoms with E-state index in [1.807, 2.05) is 17.8 Å². The standard InChI is InChI=1S/C9H17ClS/c1-9(2)5-8-11-7-4-3-6-10/h3-4,9H,5-8H2,1-2H3/b4-3+. The molecule has 0 unspecified atom stereocenters. The highest BCUT2D eigenvalue weighted by Gasteiger charge is 1.91. The molecule has 0 amide bonds. The molecule has 0 saturated carbocycles. The zero-order chi connectivity index (χ0) is 8.53. The van der Waals surface area contributed by atoms with Crippen LogP contribution in [-0.4, -0.2) is 17.4 Å². The summed E-state index contributed by atoms with van der Waals surface area (Å²) < 4.78 is 0. The SMILES string of the molecule is CC(C)CCSC/C=C/CCl. The van der Waals surface area contributed by atoms with Crippen molar-refractivity contribution >= 4 is 23.4 Å². The molecule has 0 saturated heterocycles. The summed E-state index contributed by atoms with van der Waals surface area (Å²) in [6, 6.07) is 0. The fraction of sp³-hybridized carbons (Fsp3) is 0.778. The van der Waals surface area contributed by atoms with Gasteiger partial charge < -0.3 is 0 Å². The lowest BCUT2D eigenvalue weighted by atomic mass is 10.2. The van der Waals surface area contributed by atoms with Gasteiger partial charge in [0.25, 0.3) is 0 Å². The van der Waals surface area contributed by atoms with Gasteiger partial charge >= 0.3 is 0 Å². The number of halogens is 1. The first kappa shape index (κ1) is 11.4. The molecule has 0 N–H and O–H groups in total. The van der Waals surface area contributed by atoms with E-state index in [4.69, 9.17) is 11.6 Å². The minimum absolute atomic E-state index is 0.644. The molecule has 66 valence electrons. The van der Waals surface area contributed by atoms with E-state index in [0.717, 1.165) is 11.7 Å². The van der Waals surface area contributed by atoms with Crippen LogP contribution in [-0.2, 0) is 0 Å². The van der Waals surface area contributed by atoms with Gasteiger partial charge in [0.1, 0.15) is 0 Å². The molecule has 0 bridgehead atoms. The molecule has 0 fully saturated rings. The largest absolute Gasteiger partial charge is 0.158 e. The first-order valence-corrected chi connectivity index (χ1v) is 5.75. The lowest BCUT2D eigenvalue weighted by Crippen LogP contribution is -1.89. The van der Waals surface area contributed by atoms with E-state index in [9.17, 15) is 0 Å². The van der Waals surface area contributed by atoms with E-state index < -0.39 is 0 Å². The van der Waals surface area contributed by atoms with Crippen LogP contribution in [0.25, 0.3) is 0 Å². The second kappa shape index (κ2) is 8.48. The van der Waals surface area contributed by atoms with Gasteiger partial charge in [0.2, 0.25) is 0 Å². The minimum Gasteiger partial charge on any atom is -0.158 e. The Labute approximate surface area is 79.4 Å². The van der Waals surface area contributed by atoms with Crippen molar-refractivity contribution in [2.75, 3.05) is 17.4 Å². The molecule has 11 heavy (non-hydrogen) atoms.